The van der Waals surface area contributed by atoms with E-state index in [9.17, 15) is 9.59 Å². The van der Waals surface area contributed by atoms with E-state index in [1.165, 1.54) is 5.56 Å². The second-order valence-corrected chi connectivity index (χ2v) is 7.38. The highest BCUT2D eigenvalue weighted by Crippen LogP contribution is 2.21. The van der Waals surface area contributed by atoms with Gasteiger partial charge in [-0.05, 0) is 69.1 Å². The molecule has 1 fully saturated rings. The largest absolute Gasteiger partial charge is 0.326 e. The molecule has 0 bridgehead atoms. The average molecular weight is 380 g/mol. The van der Waals surface area contributed by atoms with Crippen molar-refractivity contribution in [2.24, 2.45) is 5.92 Å². The van der Waals surface area contributed by atoms with Crippen LogP contribution < -0.4 is 10.6 Å². The molecule has 3 rings (SSSR count). The SMILES string of the molecule is CCc1ccc(NC(=O)[C@@H](C)N2CCC(C(=O)Nc3ccccc3)CC2)cc1. The summed E-state index contributed by atoms with van der Waals surface area (Å²) in [5.74, 6) is 0.0590. The monoisotopic (exact) mass is 379 g/mol. The maximum atomic E-state index is 12.6. The number of piperidine rings is 1. The zero-order valence-corrected chi connectivity index (χ0v) is 16.7. The summed E-state index contributed by atoms with van der Waals surface area (Å²) in [6.45, 7) is 5.53. The molecule has 0 aromatic heterocycles. The number of carbonyl (C=O) groups excluding carboxylic acids is 2. The van der Waals surface area contributed by atoms with E-state index in [2.05, 4.69) is 22.5 Å². The van der Waals surface area contributed by atoms with Gasteiger partial charge in [0, 0.05) is 17.3 Å². The Morgan fingerprint density at radius 3 is 2.18 bits per heavy atom. The molecule has 2 amide bonds. The van der Waals surface area contributed by atoms with Crippen molar-refractivity contribution < 1.29 is 9.59 Å². The number of amides is 2. The second-order valence-electron chi connectivity index (χ2n) is 7.38. The van der Waals surface area contributed by atoms with E-state index in [4.69, 9.17) is 0 Å². The van der Waals surface area contributed by atoms with Crippen LogP contribution in [0.5, 0.6) is 0 Å². The zero-order chi connectivity index (χ0) is 19.9. The number of nitrogens with one attached hydrogen (secondary N) is 2. The molecule has 0 saturated carbocycles. The minimum absolute atomic E-state index is 0.00330. The maximum absolute atomic E-state index is 12.6. The first-order valence-electron chi connectivity index (χ1n) is 10.1. The first-order valence-corrected chi connectivity index (χ1v) is 10.1. The van der Waals surface area contributed by atoms with E-state index in [0.717, 1.165) is 43.7 Å². The van der Waals surface area contributed by atoms with Crippen LogP contribution in [0.3, 0.4) is 0 Å². The predicted octanol–water partition coefficient (Wildman–Crippen LogP) is 3.93. The maximum Gasteiger partial charge on any atom is 0.241 e. The van der Waals surface area contributed by atoms with E-state index in [1.807, 2.05) is 61.5 Å². The van der Waals surface area contributed by atoms with Crippen molar-refractivity contribution >= 4 is 23.2 Å². The molecule has 1 aliphatic heterocycles. The third-order valence-corrected chi connectivity index (χ3v) is 5.50. The van der Waals surface area contributed by atoms with Gasteiger partial charge < -0.3 is 10.6 Å². The van der Waals surface area contributed by atoms with Crippen LogP contribution in [0.1, 0.15) is 32.3 Å². The number of aryl methyl sites for hydroxylation is 1. The summed E-state index contributed by atoms with van der Waals surface area (Å²) in [5.41, 5.74) is 2.91. The highest BCUT2D eigenvalue weighted by atomic mass is 16.2. The average Bonchev–Trinajstić information content (AvgIpc) is 2.74. The van der Waals surface area contributed by atoms with Crippen molar-refractivity contribution in [1.82, 2.24) is 4.90 Å². The zero-order valence-electron chi connectivity index (χ0n) is 16.7. The van der Waals surface area contributed by atoms with Crippen LogP contribution in [0.25, 0.3) is 0 Å². The van der Waals surface area contributed by atoms with Crippen LogP contribution in [0.2, 0.25) is 0 Å². The van der Waals surface area contributed by atoms with Crippen molar-refractivity contribution in [3.05, 3.63) is 60.2 Å². The minimum atomic E-state index is -0.219. The molecule has 5 heteroatoms. The van der Waals surface area contributed by atoms with Gasteiger partial charge in [0.1, 0.15) is 0 Å². The Bertz CT molecular complexity index is 781. The topological polar surface area (TPSA) is 61.4 Å². The summed E-state index contributed by atoms with van der Waals surface area (Å²) in [5, 5.41) is 5.98. The number of anilines is 2. The van der Waals surface area contributed by atoms with Crippen molar-refractivity contribution in [2.45, 2.75) is 39.2 Å². The fourth-order valence-electron chi connectivity index (χ4n) is 3.55. The fourth-order valence-corrected chi connectivity index (χ4v) is 3.55. The molecule has 0 spiro atoms. The van der Waals surface area contributed by atoms with E-state index in [-0.39, 0.29) is 23.8 Å². The van der Waals surface area contributed by atoms with Crippen LogP contribution in [-0.4, -0.2) is 35.8 Å². The van der Waals surface area contributed by atoms with Crippen LogP contribution in [0.4, 0.5) is 11.4 Å². The lowest BCUT2D eigenvalue weighted by Gasteiger charge is -2.34. The number of likely N-dealkylation sites (tertiary alicyclic amines) is 1. The Balaban J connectivity index is 1.47. The van der Waals surface area contributed by atoms with E-state index in [0.29, 0.717) is 0 Å². The number of benzene rings is 2. The summed E-state index contributed by atoms with van der Waals surface area (Å²) in [6, 6.07) is 17.3. The summed E-state index contributed by atoms with van der Waals surface area (Å²) in [6.07, 6.45) is 2.51. The first-order chi connectivity index (χ1) is 13.6. The van der Waals surface area contributed by atoms with E-state index < -0.39 is 0 Å². The van der Waals surface area contributed by atoms with Gasteiger partial charge in [-0.15, -0.1) is 0 Å². The van der Waals surface area contributed by atoms with Crippen LogP contribution in [0.15, 0.2) is 54.6 Å². The number of para-hydroxylation sites is 1. The molecule has 1 saturated heterocycles. The molecule has 1 heterocycles. The van der Waals surface area contributed by atoms with Gasteiger partial charge >= 0.3 is 0 Å². The van der Waals surface area contributed by atoms with Crippen molar-refractivity contribution in [2.75, 3.05) is 23.7 Å². The van der Waals surface area contributed by atoms with Gasteiger partial charge in [-0.2, -0.15) is 0 Å². The molecule has 2 aromatic carbocycles. The summed E-state index contributed by atoms with van der Waals surface area (Å²) in [7, 11) is 0. The molecule has 1 atom stereocenters. The molecule has 148 valence electrons. The number of nitrogens with zero attached hydrogens (tertiary/aromatic N) is 1. The van der Waals surface area contributed by atoms with Crippen LogP contribution >= 0.6 is 0 Å². The van der Waals surface area contributed by atoms with Crippen molar-refractivity contribution in [3.8, 4) is 0 Å². The fraction of sp³-hybridized carbons (Fsp3) is 0.391. The van der Waals surface area contributed by atoms with E-state index in [1.54, 1.807) is 0 Å². The Morgan fingerprint density at radius 2 is 1.57 bits per heavy atom. The molecule has 28 heavy (non-hydrogen) atoms. The Morgan fingerprint density at radius 1 is 0.964 bits per heavy atom. The first kappa shape index (κ1) is 20.1. The third-order valence-electron chi connectivity index (χ3n) is 5.50. The third kappa shape index (κ3) is 5.20. The molecule has 2 aromatic rings. The summed E-state index contributed by atoms with van der Waals surface area (Å²) >= 11 is 0. The molecule has 1 aliphatic rings. The minimum Gasteiger partial charge on any atom is -0.326 e. The number of hydrogen-bond acceptors (Lipinski definition) is 3. The Kier molecular flexibility index (Phi) is 6.82. The van der Waals surface area contributed by atoms with Gasteiger partial charge in [0.2, 0.25) is 11.8 Å². The van der Waals surface area contributed by atoms with Crippen molar-refractivity contribution in [1.29, 1.82) is 0 Å². The molecule has 0 radical (unpaired) electrons. The number of rotatable bonds is 6. The molecule has 2 N–H and O–H groups in total. The highest BCUT2D eigenvalue weighted by molar-refractivity contribution is 5.95. The normalized spacial score (nSPS) is 16.4. The Labute approximate surface area is 167 Å². The molecule has 0 unspecified atom stereocenters. The number of hydrogen-bond donors (Lipinski definition) is 2. The smallest absolute Gasteiger partial charge is 0.241 e. The lowest BCUT2D eigenvalue weighted by molar-refractivity contribution is -0.123. The molecule has 0 aliphatic carbocycles. The van der Waals surface area contributed by atoms with Crippen LogP contribution in [0, 0.1) is 5.92 Å². The quantitative estimate of drug-likeness (QED) is 0.799. The standard InChI is InChI=1S/C23H29N3O2/c1-3-18-9-11-21(12-10-18)24-22(27)17(2)26-15-13-19(14-16-26)23(28)25-20-7-5-4-6-8-20/h4-12,17,19H,3,13-16H2,1-2H3,(H,24,27)(H,25,28)/t17-/m1/s1. The highest BCUT2D eigenvalue weighted by Gasteiger charge is 2.29. The predicted molar refractivity (Wildman–Crippen MR) is 113 cm³/mol. The lowest BCUT2D eigenvalue weighted by atomic mass is 9.94. The van der Waals surface area contributed by atoms with Gasteiger partial charge in [-0.1, -0.05) is 37.3 Å². The van der Waals surface area contributed by atoms with Crippen LogP contribution in [-0.2, 0) is 16.0 Å². The van der Waals surface area contributed by atoms with Gasteiger partial charge in [0.25, 0.3) is 0 Å². The molecular formula is C23H29N3O2. The van der Waals surface area contributed by atoms with Gasteiger partial charge in [-0.25, -0.2) is 0 Å². The van der Waals surface area contributed by atoms with Gasteiger partial charge in [0.05, 0.1) is 6.04 Å². The van der Waals surface area contributed by atoms with Gasteiger partial charge in [0.15, 0.2) is 0 Å². The molecule has 5 nitrogen and oxygen atoms in total. The Hall–Kier alpha value is -2.66. The van der Waals surface area contributed by atoms with Crippen molar-refractivity contribution in [3.63, 3.8) is 0 Å². The number of carbonyl (C=O) groups is 2. The summed E-state index contributed by atoms with van der Waals surface area (Å²) in [4.78, 5) is 27.2. The lowest BCUT2D eigenvalue weighted by Crippen LogP contribution is -2.47. The van der Waals surface area contributed by atoms with E-state index >= 15 is 0 Å². The summed E-state index contributed by atoms with van der Waals surface area (Å²) < 4.78 is 0. The second kappa shape index (κ2) is 9.51. The molecular weight excluding hydrogens is 350 g/mol. The van der Waals surface area contributed by atoms with Gasteiger partial charge in [-0.3, -0.25) is 14.5 Å².